The van der Waals surface area contributed by atoms with E-state index in [2.05, 4.69) is 11.6 Å². The molecule has 0 saturated heterocycles. The van der Waals surface area contributed by atoms with Crippen molar-refractivity contribution in [3.05, 3.63) is 0 Å². The van der Waals surface area contributed by atoms with Crippen LogP contribution in [0.25, 0.3) is 0 Å². The Hall–Kier alpha value is 0.140. The van der Waals surface area contributed by atoms with Crippen LogP contribution in [-0.4, -0.2) is 49.8 Å². The number of nitrogens with one attached hydrogen (secondary N) is 1. The lowest BCUT2D eigenvalue weighted by Crippen LogP contribution is -2.14. The first-order valence-corrected chi connectivity index (χ1v) is 7.62. The van der Waals surface area contributed by atoms with E-state index in [1.54, 1.807) is 6.66 Å². The van der Waals surface area contributed by atoms with Crippen LogP contribution in [0.2, 0.25) is 0 Å². The van der Waals surface area contributed by atoms with Gasteiger partial charge >= 0.3 is 0 Å². The molecule has 0 heterocycles. The largest absolute Gasteiger partial charge is 0.396 e. The monoisotopic (exact) mass is 237 g/mol. The molecule has 0 rings (SSSR count). The fraction of sp³-hybridized carbons (Fsp3) is 0.900. The van der Waals surface area contributed by atoms with Crippen molar-refractivity contribution in [1.29, 1.82) is 0 Å². The Balaban J connectivity index is 3.59. The summed E-state index contributed by atoms with van der Waals surface area (Å²) in [5.74, 6) is 0.120. The van der Waals surface area contributed by atoms with Gasteiger partial charge in [0.1, 0.15) is 7.34 Å². The molecule has 4 nitrogen and oxygen atoms in total. The molecule has 0 fully saturated rings. The molecule has 2 atom stereocenters. The minimum atomic E-state index is -2.40. The summed E-state index contributed by atoms with van der Waals surface area (Å²) in [4.78, 5) is 9.36. The summed E-state index contributed by atoms with van der Waals surface area (Å²) < 4.78 is 5.22. The number of rotatable bonds is 9. The molecule has 0 aliphatic heterocycles. The van der Waals surface area contributed by atoms with Crippen molar-refractivity contribution in [3.8, 4) is 0 Å². The first-order valence-electron chi connectivity index (χ1n) is 5.33. The Morgan fingerprint density at radius 2 is 2.13 bits per heavy atom. The molecule has 0 bridgehead atoms. The third-order valence-electron chi connectivity index (χ3n) is 2.14. The molecule has 0 aliphatic carbocycles. The molecule has 92 valence electrons. The first-order chi connectivity index (χ1) is 6.99. The fourth-order valence-electron chi connectivity index (χ4n) is 1.23. The fourth-order valence-corrected chi connectivity index (χ4v) is 1.76. The number of aliphatic hydroxyl groups excluding tert-OH is 1. The summed E-state index contributed by atoms with van der Waals surface area (Å²) in [7, 11) is -0.473. The van der Waals surface area contributed by atoms with Gasteiger partial charge in [-0.15, -0.1) is 0 Å². The summed E-state index contributed by atoms with van der Waals surface area (Å²) in [6.45, 7) is 3.11. The maximum atomic E-state index is 9.36. The highest BCUT2D eigenvalue weighted by molar-refractivity contribution is 7.62. The zero-order valence-electron chi connectivity index (χ0n) is 9.78. The lowest BCUT2D eigenvalue weighted by atomic mass is 10.0. The van der Waals surface area contributed by atoms with E-state index < -0.39 is 7.34 Å². The van der Waals surface area contributed by atoms with Crippen molar-refractivity contribution < 1.29 is 14.5 Å². The van der Waals surface area contributed by atoms with Crippen LogP contribution in [-0.2, 0) is 4.52 Å². The molecule has 0 aromatic rings. The maximum Gasteiger partial charge on any atom is 0.111 e. The van der Waals surface area contributed by atoms with E-state index in [0.717, 1.165) is 25.8 Å². The van der Waals surface area contributed by atoms with Crippen LogP contribution >= 0.6 is 7.34 Å². The van der Waals surface area contributed by atoms with Crippen LogP contribution in [0.4, 0.5) is 0 Å². The van der Waals surface area contributed by atoms with Gasteiger partial charge in [-0.1, -0.05) is 12.7 Å². The van der Waals surface area contributed by atoms with E-state index in [4.69, 9.17) is 9.63 Å². The van der Waals surface area contributed by atoms with E-state index >= 15 is 0 Å². The first kappa shape index (κ1) is 15.1. The molecule has 0 amide bonds. The number of aliphatic hydroxyl groups is 1. The molecular formula is C10H24NO3P. The highest BCUT2D eigenvalue weighted by atomic mass is 31.2. The quantitative estimate of drug-likeness (QED) is 0.412. The summed E-state index contributed by atoms with van der Waals surface area (Å²) >= 11 is 0. The van der Waals surface area contributed by atoms with Gasteiger partial charge in [-0.05, 0) is 26.4 Å². The lowest BCUT2D eigenvalue weighted by molar-refractivity contribution is 0.154. The van der Waals surface area contributed by atoms with E-state index in [9.17, 15) is 4.89 Å². The topological polar surface area (TPSA) is 61.7 Å². The molecule has 0 radical (unpaired) electrons. The highest BCUT2D eigenvalue weighted by Crippen LogP contribution is 2.36. The van der Waals surface area contributed by atoms with E-state index in [-0.39, 0.29) is 12.5 Å². The van der Waals surface area contributed by atoms with E-state index in [1.807, 2.05) is 7.05 Å². The summed E-state index contributed by atoms with van der Waals surface area (Å²) in [5, 5.41) is 12.2. The zero-order valence-corrected chi connectivity index (χ0v) is 10.7. The molecule has 0 aromatic carbocycles. The summed E-state index contributed by atoms with van der Waals surface area (Å²) in [6.07, 6.45) is 6.63. The molecule has 15 heavy (non-hydrogen) atoms. The number of unbranched alkanes of at least 4 members (excludes halogenated alkanes) is 1. The van der Waals surface area contributed by atoms with Crippen molar-refractivity contribution >= 4 is 13.6 Å². The van der Waals surface area contributed by atoms with Crippen LogP contribution in [0.15, 0.2) is 0 Å². The van der Waals surface area contributed by atoms with Crippen molar-refractivity contribution in [3.63, 3.8) is 0 Å². The highest BCUT2D eigenvalue weighted by Gasteiger charge is 2.10. The third kappa shape index (κ3) is 10.4. The van der Waals surface area contributed by atoms with Crippen molar-refractivity contribution in [2.75, 3.05) is 33.5 Å². The Bertz CT molecular complexity index is 193. The minimum Gasteiger partial charge on any atom is -0.396 e. The van der Waals surface area contributed by atoms with Gasteiger partial charge in [0.2, 0.25) is 0 Å². The molecule has 2 unspecified atom stereocenters. The smallest absolute Gasteiger partial charge is 0.111 e. The van der Waals surface area contributed by atoms with Crippen LogP contribution in [0.1, 0.15) is 19.3 Å². The predicted octanol–water partition coefficient (Wildman–Crippen LogP) is 0.903. The molecule has 3 N–H and O–H groups in total. The second kappa shape index (κ2) is 8.31. The minimum absolute atomic E-state index is 0.111. The lowest BCUT2D eigenvalue weighted by Gasteiger charge is -2.18. The van der Waals surface area contributed by atoms with Gasteiger partial charge in [0.25, 0.3) is 0 Å². The van der Waals surface area contributed by atoms with Crippen molar-refractivity contribution in [2.24, 2.45) is 5.92 Å². The van der Waals surface area contributed by atoms with E-state index in [1.165, 1.54) is 0 Å². The van der Waals surface area contributed by atoms with Crippen molar-refractivity contribution in [2.45, 2.75) is 19.3 Å². The zero-order chi connectivity index (χ0) is 11.7. The molecule has 0 saturated carbocycles. The van der Waals surface area contributed by atoms with Crippen LogP contribution in [0.5, 0.6) is 0 Å². The number of hydrogen-bond donors (Lipinski definition) is 3. The maximum absolute atomic E-state index is 9.36. The van der Waals surface area contributed by atoms with Gasteiger partial charge < -0.3 is 19.8 Å². The van der Waals surface area contributed by atoms with E-state index in [0.29, 0.717) is 6.61 Å². The van der Waals surface area contributed by atoms with Crippen LogP contribution in [0.3, 0.4) is 0 Å². The van der Waals surface area contributed by atoms with Gasteiger partial charge in [-0.3, -0.25) is 0 Å². The van der Waals surface area contributed by atoms with Gasteiger partial charge in [0, 0.05) is 19.2 Å². The average molecular weight is 237 g/mol. The van der Waals surface area contributed by atoms with Gasteiger partial charge in [-0.2, -0.15) is 0 Å². The molecule has 0 aliphatic rings. The standard InChI is InChI=1S/C10H24NO3P/c1-11-7-5-4-6-10(8-12)9-14-15(2,3)13/h10-13H,2,4-9H2,1,3H3. The van der Waals surface area contributed by atoms with Gasteiger partial charge in [0.05, 0.1) is 6.61 Å². The van der Waals surface area contributed by atoms with Gasteiger partial charge in [-0.25, -0.2) is 0 Å². The average Bonchev–Trinajstić information content (AvgIpc) is 2.15. The van der Waals surface area contributed by atoms with Crippen LogP contribution < -0.4 is 5.32 Å². The summed E-state index contributed by atoms with van der Waals surface area (Å²) in [5.41, 5.74) is 0. The second-order valence-electron chi connectivity index (χ2n) is 3.99. The van der Waals surface area contributed by atoms with Crippen LogP contribution in [0, 0.1) is 5.92 Å². The normalized spacial score (nSPS) is 17.3. The predicted molar refractivity (Wildman–Crippen MR) is 66.5 cm³/mol. The Labute approximate surface area is 92.8 Å². The van der Waals surface area contributed by atoms with Gasteiger partial charge in [0.15, 0.2) is 0 Å². The molecule has 0 spiro atoms. The SMILES string of the molecule is C=P(C)(O)OCC(CO)CCCCNC. The van der Waals surface area contributed by atoms with Crippen molar-refractivity contribution in [1.82, 2.24) is 5.32 Å². The Kier molecular flexibility index (Phi) is 8.39. The Morgan fingerprint density at radius 3 is 2.60 bits per heavy atom. The number of hydrogen-bond acceptors (Lipinski definition) is 4. The molecule has 0 aromatic heterocycles. The third-order valence-corrected chi connectivity index (χ3v) is 2.84. The Morgan fingerprint density at radius 1 is 1.47 bits per heavy atom. The molecule has 5 heteroatoms. The summed E-state index contributed by atoms with van der Waals surface area (Å²) in [6, 6.07) is 0. The second-order valence-corrected chi connectivity index (χ2v) is 6.35. The molecular weight excluding hydrogens is 213 g/mol.